The van der Waals surface area contributed by atoms with Gasteiger partial charge < -0.3 is 11.1 Å². The van der Waals surface area contributed by atoms with Gasteiger partial charge in [-0.25, -0.2) is 0 Å². The summed E-state index contributed by atoms with van der Waals surface area (Å²) in [6.45, 7) is 1.45. The molecular weight excluding hydrogens is 294 g/mol. The van der Waals surface area contributed by atoms with Crippen LogP contribution in [0.25, 0.3) is 0 Å². The van der Waals surface area contributed by atoms with Crippen LogP contribution in [0.4, 0.5) is 11.4 Å². The maximum Gasteiger partial charge on any atom is 0.0992 e. The van der Waals surface area contributed by atoms with Crippen molar-refractivity contribution >= 4 is 27.3 Å². The maximum atomic E-state index is 8.77. The highest BCUT2D eigenvalue weighted by Gasteiger charge is 2.01. The third-order valence-electron chi connectivity index (χ3n) is 2.41. The second kappa shape index (κ2) is 5.56. The average molecular weight is 306 g/mol. The van der Waals surface area contributed by atoms with Crippen LogP contribution in [0.1, 0.15) is 5.56 Å². The molecule has 1 aromatic heterocycles. The van der Waals surface area contributed by atoms with Crippen molar-refractivity contribution in [2.24, 2.45) is 0 Å². The van der Waals surface area contributed by atoms with Crippen LogP contribution in [0.3, 0.4) is 0 Å². The topological polar surface area (TPSA) is 79.7 Å². The molecule has 3 N–H and O–H groups in total. The molecule has 0 bridgehead atoms. The molecule has 5 nitrogen and oxygen atoms in total. The Morgan fingerprint density at radius 3 is 2.94 bits per heavy atom. The molecule has 92 valence electrons. The van der Waals surface area contributed by atoms with E-state index in [1.807, 2.05) is 6.07 Å². The van der Waals surface area contributed by atoms with Crippen molar-refractivity contribution in [3.05, 3.63) is 40.6 Å². The Morgan fingerprint density at radius 1 is 1.50 bits per heavy atom. The lowest BCUT2D eigenvalue weighted by molar-refractivity contribution is 0.638. The molecule has 0 saturated heterocycles. The largest absolute Gasteiger partial charge is 0.396 e. The summed E-state index contributed by atoms with van der Waals surface area (Å²) in [5.74, 6) is 0. The zero-order valence-corrected chi connectivity index (χ0v) is 11.2. The van der Waals surface area contributed by atoms with Gasteiger partial charge >= 0.3 is 0 Å². The van der Waals surface area contributed by atoms with Crippen LogP contribution in [0, 0.1) is 11.3 Å². The number of nitrogens with zero attached hydrogens (tertiary/aromatic N) is 3. The number of halogens is 1. The predicted octanol–water partition coefficient (Wildman–Crippen LogP) is 2.21. The van der Waals surface area contributed by atoms with Crippen molar-refractivity contribution < 1.29 is 0 Å². The van der Waals surface area contributed by atoms with E-state index in [0.717, 1.165) is 23.2 Å². The monoisotopic (exact) mass is 305 g/mol. The summed E-state index contributed by atoms with van der Waals surface area (Å²) in [6.07, 6.45) is 3.41. The summed E-state index contributed by atoms with van der Waals surface area (Å²) in [5, 5.41) is 16.1. The summed E-state index contributed by atoms with van der Waals surface area (Å²) >= 11 is 3.42. The minimum atomic E-state index is 0.632. The third kappa shape index (κ3) is 3.02. The van der Waals surface area contributed by atoms with Gasteiger partial charge in [-0.1, -0.05) is 0 Å². The van der Waals surface area contributed by atoms with Crippen molar-refractivity contribution in [1.29, 1.82) is 5.26 Å². The maximum absolute atomic E-state index is 8.77. The fraction of sp³-hybridized carbons (Fsp3) is 0.167. The number of anilines is 2. The lowest BCUT2D eigenvalue weighted by Gasteiger charge is -2.08. The number of nitrogens with two attached hydrogens (primary N) is 1. The highest BCUT2D eigenvalue weighted by Crippen LogP contribution is 2.23. The van der Waals surface area contributed by atoms with E-state index in [4.69, 9.17) is 11.0 Å². The molecule has 0 amide bonds. The molecule has 1 aromatic carbocycles. The van der Waals surface area contributed by atoms with Crippen LogP contribution in [0.2, 0.25) is 0 Å². The van der Waals surface area contributed by atoms with Crippen molar-refractivity contribution in [2.75, 3.05) is 17.6 Å². The Kier molecular flexibility index (Phi) is 3.85. The summed E-state index contributed by atoms with van der Waals surface area (Å²) in [5.41, 5.74) is 7.82. The van der Waals surface area contributed by atoms with Gasteiger partial charge in [-0.15, -0.1) is 0 Å². The Bertz CT molecular complexity index is 584. The van der Waals surface area contributed by atoms with Gasteiger partial charge in [0, 0.05) is 22.9 Å². The van der Waals surface area contributed by atoms with E-state index >= 15 is 0 Å². The first-order valence-electron chi connectivity index (χ1n) is 5.40. The van der Waals surface area contributed by atoms with E-state index in [0.29, 0.717) is 11.3 Å². The molecule has 2 rings (SSSR count). The number of nitriles is 1. The highest BCUT2D eigenvalue weighted by molar-refractivity contribution is 9.10. The standard InChI is InChI=1S/C12H12BrN5/c13-11-5-9(6-14)1-2-12(11)16-3-4-18-8-10(15)7-17-18/h1-2,5,7-8,16H,3-4,15H2. The molecule has 1 heterocycles. The van der Waals surface area contributed by atoms with Gasteiger partial charge in [0.25, 0.3) is 0 Å². The van der Waals surface area contributed by atoms with Crippen molar-refractivity contribution in [1.82, 2.24) is 9.78 Å². The van der Waals surface area contributed by atoms with Gasteiger partial charge in [0.1, 0.15) is 0 Å². The quantitative estimate of drug-likeness (QED) is 0.907. The molecule has 0 radical (unpaired) electrons. The first-order valence-corrected chi connectivity index (χ1v) is 6.20. The second-order valence-corrected chi connectivity index (χ2v) is 4.62. The van der Waals surface area contributed by atoms with Crippen molar-refractivity contribution in [3.63, 3.8) is 0 Å². The molecule has 0 atom stereocenters. The van der Waals surface area contributed by atoms with E-state index in [2.05, 4.69) is 32.4 Å². The number of hydrogen-bond donors (Lipinski definition) is 2. The summed E-state index contributed by atoms with van der Waals surface area (Å²) < 4.78 is 2.65. The predicted molar refractivity (Wildman–Crippen MR) is 74.0 cm³/mol. The van der Waals surface area contributed by atoms with Gasteiger partial charge in [-0.2, -0.15) is 10.4 Å². The Balaban J connectivity index is 1.92. The minimum Gasteiger partial charge on any atom is -0.396 e. The number of aromatic nitrogens is 2. The molecule has 0 aliphatic heterocycles. The SMILES string of the molecule is N#Cc1ccc(NCCn2cc(N)cn2)c(Br)c1. The van der Waals surface area contributed by atoms with Gasteiger partial charge in [-0.05, 0) is 34.1 Å². The van der Waals surface area contributed by atoms with E-state index < -0.39 is 0 Å². The number of benzene rings is 1. The molecule has 6 heteroatoms. The van der Waals surface area contributed by atoms with Gasteiger partial charge in [-0.3, -0.25) is 4.68 Å². The fourth-order valence-corrected chi connectivity index (χ4v) is 2.05. The van der Waals surface area contributed by atoms with Crippen LogP contribution >= 0.6 is 15.9 Å². The Labute approximate surface area is 113 Å². The van der Waals surface area contributed by atoms with E-state index in [1.54, 1.807) is 29.2 Å². The molecule has 0 aliphatic rings. The van der Waals surface area contributed by atoms with E-state index in [9.17, 15) is 0 Å². The third-order valence-corrected chi connectivity index (χ3v) is 3.06. The lowest BCUT2D eigenvalue weighted by atomic mass is 10.2. The molecular formula is C12H12BrN5. The van der Waals surface area contributed by atoms with Crippen LogP contribution in [-0.2, 0) is 6.54 Å². The van der Waals surface area contributed by atoms with Crippen LogP contribution in [0.15, 0.2) is 35.1 Å². The lowest BCUT2D eigenvalue weighted by Crippen LogP contribution is -2.11. The first-order chi connectivity index (χ1) is 8.69. The van der Waals surface area contributed by atoms with Gasteiger partial charge in [0.05, 0.1) is 30.1 Å². The molecule has 0 saturated carbocycles. The Morgan fingerprint density at radius 2 is 2.33 bits per heavy atom. The highest BCUT2D eigenvalue weighted by atomic mass is 79.9. The summed E-state index contributed by atoms with van der Waals surface area (Å²) in [4.78, 5) is 0. The normalized spacial score (nSPS) is 10.0. The van der Waals surface area contributed by atoms with Crippen LogP contribution in [-0.4, -0.2) is 16.3 Å². The first kappa shape index (κ1) is 12.5. The summed E-state index contributed by atoms with van der Waals surface area (Å²) in [6, 6.07) is 7.53. The minimum absolute atomic E-state index is 0.632. The average Bonchev–Trinajstić information content (AvgIpc) is 2.77. The zero-order chi connectivity index (χ0) is 13.0. The molecule has 0 aliphatic carbocycles. The van der Waals surface area contributed by atoms with Crippen LogP contribution in [0.5, 0.6) is 0 Å². The van der Waals surface area contributed by atoms with Crippen molar-refractivity contribution in [3.8, 4) is 6.07 Å². The molecule has 18 heavy (non-hydrogen) atoms. The van der Waals surface area contributed by atoms with Crippen molar-refractivity contribution in [2.45, 2.75) is 6.54 Å². The number of nitrogen functional groups attached to an aromatic ring is 1. The Hall–Kier alpha value is -2.00. The molecule has 0 unspecified atom stereocenters. The van der Waals surface area contributed by atoms with E-state index in [1.165, 1.54) is 0 Å². The number of hydrogen-bond acceptors (Lipinski definition) is 4. The molecule has 0 spiro atoms. The summed E-state index contributed by atoms with van der Waals surface area (Å²) in [7, 11) is 0. The number of rotatable bonds is 4. The molecule has 0 fully saturated rings. The van der Waals surface area contributed by atoms with E-state index in [-0.39, 0.29) is 0 Å². The van der Waals surface area contributed by atoms with Crippen LogP contribution < -0.4 is 11.1 Å². The van der Waals surface area contributed by atoms with Gasteiger partial charge in [0.15, 0.2) is 0 Å². The fourth-order valence-electron chi connectivity index (χ4n) is 1.53. The van der Waals surface area contributed by atoms with Gasteiger partial charge in [0.2, 0.25) is 0 Å². The number of nitrogens with one attached hydrogen (secondary N) is 1. The second-order valence-electron chi connectivity index (χ2n) is 3.77. The smallest absolute Gasteiger partial charge is 0.0992 e. The zero-order valence-electron chi connectivity index (χ0n) is 9.60. The molecule has 2 aromatic rings.